The maximum absolute atomic E-state index is 11.7. The molecule has 0 radical (unpaired) electrons. The molecule has 1 aromatic rings. The van der Waals surface area contributed by atoms with Crippen molar-refractivity contribution in [3.63, 3.8) is 0 Å². The van der Waals surface area contributed by atoms with Gasteiger partial charge in [0.15, 0.2) is 0 Å². The number of pyridine rings is 1. The number of carbonyl (C=O) groups is 2. The van der Waals surface area contributed by atoms with Gasteiger partial charge in [-0.3, -0.25) is 24.9 Å². The molecule has 1 unspecified atom stereocenters. The van der Waals surface area contributed by atoms with E-state index in [1.165, 1.54) is 6.20 Å². The summed E-state index contributed by atoms with van der Waals surface area (Å²) in [5.74, 6) is 4.87. The van der Waals surface area contributed by atoms with Gasteiger partial charge in [0.25, 0.3) is 5.91 Å². The number of aromatic nitrogens is 1. The van der Waals surface area contributed by atoms with Crippen molar-refractivity contribution in [2.45, 2.75) is 19.4 Å². The summed E-state index contributed by atoms with van der Waals surface area (Å²) in [7, 11) is 1.67. The predicted molar refractivity (Wildman–Crippen MR) is 78.0 cm³/mol. The molecule has 114 valence electrons. The van der Waals surface area contributed by atoms with Crippen LogP contribution in [0.4, 0.5) is 0 Å². The van der Waals surface area contributed by atoms with Gasteiger partial charge in [0, 0.05) is 26.3 Å². The maximum atomic E-state index is 11.7. The number of rotatable bonds is 4. The van der Waals surface area contributed by atoms with Crippen molar-refractivity contribution in [1.29, 1.82) is 0 Å². The molecule has 7 heteroatoms. The highest BCUT2D eigenvalue weighted by Crippen LogP contribution is 2.18. The molecule has 1 atom stereocenters. The Hall–Kier alpha value is -1.99. The minimum Gasteiger partial charge on any atom is -0.359 e. The lowest BCUT2D eigenvalue weighted by atomic mass is 9.97. The van der Waals surface area contributed by atoms with Crippen LogP contribution in [0.25, 0.3) is 0 Å². The molecule has 0 spiro atoms. The fourth-order valence-electron chi connectivity index (χ4n) is 2.58. The maximum Gasteiger partial charge on any atom is 0.266 e. The molecule has 2 heterocycles. The number of nitrogens with one attached hydrogen (secondary N) is 2. The molecule has 1 aromatic heterocycles. The van der Waals surface area contributed by atoms with Gasteiger partial charge in [-0.05, 0) is 31.5 Å². The Kier molecular flexibility index (Phi) is 5.24. The van der Waals surface area contributed by atoms with Crippen LogP contribution in [-0.4, -0.2) is 41.8 Å². The zero-order valence-corrected chi connectivity index (χ0v) is 12.1. The van der Waals surface area contributed by atoms with Crippen LogP contribution in [0.1, 0.15) is 28.9 Å². The van der Waals surface area contributed by atoms with Crippen LogP contribution in [0.15, 0.2) is 18.3 Å². The first-order valence-corrected chi connectivity index (χ1v) is 7.04. The van der Waals surface area contributed by atoms with E-state index in [0.29, 0.717) is 12.1 Å². The van der Waals surface area contributed by atoms with Crippen molar-refractivity contribution in [3.8, 4) is 0 Å². The van der Waals surface area contributed by atoms with Crippen LogP contribution in [0.5, 0.6) is 0 Å². The second-order valence-electron chi connectivity index (χ2n) is 5.20. The summed E-state index contributed by atoms with van der Waals surface area (Å²) < 4.78 is 0. The monoisotopic (exact) mass is 291 g/mol. The van der Waals surface area contributed by atoms with Crippen LogP contribution in [0, 0.1) is 5.92 Å². The van der Waals surface area contributed by atoms with Crippen LogP contribution in [0.2, 0.25) is 0 Å². The molecule has 0 aromatic carbocycles. The van der Waals surface area contributed by atoms with Crippen molar-refractivity contribution in [1.82, 2.24) is 20.6 Å². The summed E-state index contributed by atoms with van der Waals surface area (Å²) in [6.45, 7) is 2.38. The molecule has 7 nitrogen and oxygen atoms in total. The molecule has 2 rings (SSSR count). The Balaban J connectivity index is 1.95. The largest absolute Gasteiger partial charge is 0.359 e. The normalized spacial score (nSPS) is 19.0. The van der Waals surface area contributed by atoms with Gasteiger partial charge in [-0.25, -0.2) is 5.84 Å². The fraction of sp³-hybridized carbons (Fsp3) is 0.500. The fourth-order valence-corrected chi connectivity index (χ4v) is 2.58. The van der Waals surface area contributed by atoms with E-state index in [1.807, 2.05) is 6.07 Å². The Morgan fingerprint density at radius 3 is 2.90 bits per heavy atom. The number of piperidine rings is 1. The standard InChI is InChI=1S/C14H21N5O2/c1-16-13(20)11-3-2-6-19(8-11)9-12-5-4-10(7-17-12)14(21)18-15/h4-5,7,11H,2-3,6,8-9,15H2,1H3,(H,16,20)(H,18,21). The number of amides is 2. The molecular formula is C14H21N5O2. The first-order valence-electron chi connectivity index (χ1n) is 7.04. The van der Waals surface area contributed by atoms with Gasteiger partial charge < -0.3 is 5.32 Å². The first kappa shape index (κ1) is 15.4. The number of nitrogen functional groups attached to an aromatic ring is 1. The Morgan fingerprint density at radius 2 is 2.29 bits per heavy atom. The number of nitrogens with zero attached hydrogens (tertiary/aromatic N) is 2. The molecule has 21 heavy (non-hydrogen) atoms. The summed E-state index contributed by atoms with van der Waals surface area (Å²) in [6.07, 6.45) is 3.45. The molecule has 1 saturated heterocycles. The van der Waals surface area contributed by atoms with E-state index in [-0.39, 0.29) is 17.7 Å². The van der Waals surface area contributed by atoms with Crippen molar-refractivity contribution < 1.29 is 9.59 Å². The second kappa shape index (κ2) is 7.14. The van der Waals surface area contributed by atoms with Gasteiger partial charge in [0.2, 0.25) is 5.91 Å². The van der Waals surface area contributed by atoms with Gasteiger partial charge in [-0.15, -0.1) is 0 Å². The number of hydrogen-bond donors (Lipinski definition) is 3. The lowest BCUT2D eigenvalue weighted by Crippen LogP contribution is -2.41. The Morgan fingerprint density at radius 1 is 1.48 bits per heavy atom. The molecule has 0 aliphatic carbocycles. The van der Waals surface area contributed by atoms with Crippen molar-refractivity contribution in [3.05, 3.63) is 29.6 Å². The number of nitrogens with two attached hydrogens (primary N) is 1. The highest BCUT2D eigenvalue weighted by molar-refractivity contribution is 5.93. The van der Waals surface area contributed by atoms with Gasteiger partial charge in [-0.1, -0.05) is 0 Å². The molecule has 1 aliphatic rings. The number of hydrogen-bond acceptors (Lipinski definition) is 5. The predicted octanol–water partition coefficient (Wildman–Crippen LogP) is -0.357. The molecular weight excluding hydrogens is 270 g/mol. The SMILES string of the molecule is CNC(=O)C1CCCN(Cc2ccc(C(=O)NN)cn2)C1. The highest BCUT2D eigenvalue weighted by atomic mass is 16.2. The first-order chi connectivity index (χ1) is 10.1. The minimum absolute atomic E-state index is 0.0473. The molecule has 1 fully saturated rings. The van der Waals surface area contributed by atoms with Crippen LogP contribution in [-0.2, 0) is 11.3 Å². The number of hydrazine groups is 1. The summed E-state index contributed by atoms with van der Waals surface area (Å²) in [5.41, 5.74) is 3.38. The average Bonchev–Trinajstić information content (AvgIpc) is 2.54. The van der Waals surface area contributed by atoms with Gasteiger partial charge in [0.1, 0.15) is 0 Å². The quantitative estimate of drug-likeness (QED) is 0.400. The van der Waals surface area contributed by atoms with Crippen molar-refractivity contribution >= 4 is 11.8 Å². The topological polar surface area (TPSA) is 100 Å². The molecule has 0 bridgehead atoms. The van der Waals surface area contributed by atoms with Gasteiger partial charge in [-0.2, -0.15) is 0 Å². The zero-order chi connectivity index (χ0) is 15.2. The minimum atomic E-state index is -0.355. The summed E-state index contributed by atoms with van der Waals surface area (Å²) in [6, 6.07) is 3.51. The third-order valence-electron chi connectivity index (χ3n) is 3.73. The van der Waals surface area contributed by atoms with Crippen molar-refractivity contribution in [2.24, 2.45) is 11.8 Å². The molecule has 1 aliphatic heterocycles. The van der Waals surface area contributed by atoms with Crippen LogP contribution < -0.4 is 16.6 Å². The number of likely N-dealkylation sites (tertiary alicyclic amines) is 1. The van der Waals surface area contributed by atoms with E-state index in [0.717, 1.165) is 31.6 Å². The van der Waals surface area contributed by atoms with Gasteiger partial charge in [0.05, 0.1) is 17.2 Å². The average molecular weight is 291 g/mol. The van der Waals surface area contributed by atoms with E-state index in [4.69, 9.17) is 5.84 Å². The van der Waals surface area contributed by atoms with Crippen LogP contribution in [0.3, 0.4) is 0 Å². The van der Waals surface area contributed by atoms with E-state index >= 15 is 0 Å². The van der Waals surface area contributed by atoms with E-state index in [9.17, 15) is 9.59 Å². The molecule has 0 saturated carbocycles. The van der Waals surface area contributed by atoms with E-state index < -0.39 is 0 Å². The Bertz CT molecular complexity index is 503. The lowest BCUT2D eigenvalue weighted by Gasteiger charge is -2.31. The third kappa shape index (κ3) is 3.99. The zero-order valence-electron chi connectivity index (χ0n) is 12.1. The summed E-state index contributed by atoms with van der Waals surface area (Å²) >= 11 is 0. The molecule has 2 amide bonds. The highest BCUT2D eigenvalue weighted by Gasteiger charge is 2.25. The van der Waals surface area contributed by atoms with Crippen LogP contribution >= 0.6 is 0 Å². The molecule has 4 N–H and O–H groups in total. The van der Waals surface area contributed by atoms with Gasteiger partial charge >= 0.3 is 0 Å². The van der Waals surface area contributed by atoms with Crippen molar-refractivity contribution in [2.75, 3.05) is 20.1 Å². The smallest absolute Gasteiger partial charge is 0.266 e. The number of carbonyl (C=O) groups excluding carboxylic acids is 2. The van der Waals surface area contributed by atoms with E-state index in [2.05, 4.69) is 20.6 Å². The summed E-state index contributed by atoms with van der Waals surface area (Å²) in [5, 5.41) is 2.71. The third-order valence-corrected chi connectivity index (χ3v) is 3.73. The Labute approximate surface area is 123 Å². The summed E-state index contributed by atoms with van der Waals surface area (Å²) in [4.78, 5) is 29.5. The lowest BCUT2D eigenvalue weighted by molar-refractivity contribution is -0.126. The second-order valence-corrected chi connectivity index (χ2v) is 5.20. The van der Waals surface area contributed by atoms with E-state index in [1.54, 1.807) is 13.1 Å².